The van der Waals surface area contributed by atoms with Crippen LogP contribution in [0.3, 0.4) is 0 Å². The lowest BCUT2D eigenvalue weighted by atomic mass is 10.0. The normalized spacial score (nSPS) is 12.3. The molecule has 246 valence electrons. The van der Waals surface area contributed by atoms with E-state index in [9.17, 15) is 14.4 Å². The Morgan fingerprint density at radius 2 is 1.60 bits per heavy atom. The highest BCUT2D eigenvalue weighted by Crippen LogP contribution is 2.48. The molecule has 0 saturated heterocycles. The van der Waals surface area contributed by atoms with Gasteiger partial charge in [0.1, 0.15) is 27.4 Å². The lowest BCUT2D eigenvalue weighted by Gasteiger charge is -2.37. The molecular weight excluding hydrogens is 653 g/mol. The van der Waals surface area contributed by atoms with Gasteiger partial charge < -0.3 is 14.8 Å². The van der Waals surface area contributed by atoms with E-state index in [4.69, 9.17) is 37.7 Å². The van der Waals surface area contributed by atoms with Gasteiger partial charge >= 0.3 is 6.03 Å². The molecule has 1 aliphatic rings. The summed E-state index contributed by atoms with van der Waals surface area (Å²) in [5.41, 5.74) is 4.06. The fourth-order valence-corrected chi connectivity index (χ4v) is 6.01. The quantitative estimate of drug-likeness (QED) is 0.135. The van der Waals surface area contributed by atoms with Gasteiger partial charge in [0.05, 0.1) is 33.0 Å². The summed E-state index contributed by atoms with van der Waals surface area (Å²) in [4.78, 5) is 50.5. The van der Waals surface area contributed by atoms with Crippen molar-refractivity contribution in [3.8, 4) is 11.5 Å². The van der Waals surface area contributed by atoms with Gasteiger partial charge in [-0.3, -0.25) is 19.4 Å². The van der Waals surface area contributed by atoms with Crippen molar-refractivity contribution in [2.24, 2.45) is 0 Å². The Labute approximate surface area is 288 Å². The largest absolute Gasteiger partial charge is 0.495 e. The van der Waals surface area contributed by atoms with Gasteiger partial charge in [-0.15, -0.1) is 0 Å². The number of ketones is 2. The first-order chi connectivity index (χ1) is 23.1. The van der Waals surface area contributed by atoms with Crippen molar-refractivity contribution in [3.05, 3.63) is 118 Å². The Kier molecular flexibility index (Phi) is 10.8. The molecule has 0 saturated carbocycles. The number of carbonyl (C=O) groups excluding carboxylic acids is 3. The molecule has 5 rings (SSSR count). The number of carbonyl (C=O) groups is 3. The van der Waals surface area contributed by atoms with E-state index in [1.807, 2.05) is 48.5 Å². The topological polar surface area (TPSA) is 114 Å². The van der Waals surface area contributed by atoms with Gasteiger partial charge in [0, 0.05) is 36.4 Å². The summed E-state index contributed by atoms with van der Waals surface area (Å²) in [6.45, 7) is 7.26. The Balaban J connectivity index is 1.54. The summed E-state index contributed by atoms with van der Waals surface area (Å²) < 4.78 is 10.9. The maximum atomic E-state index is 14.4. The van der Waals surface area contributed by atoms with Gasteiger partial charge in [-0.25, -0.2) is 9.78 Å². The van der Waals surface area contributed by atoms with Crippen LogP contribution in [0.25, 0.3) is 0 Å². The van der Waals surface area contributed by atoms with Gasteiger partial charge in [-0.05, 0) is 47.4 Å². The first kappa shape index (κ1) is 34.2. The van der Waals surface area contributed by atoms with Crippen LogP contribution >= 0.6 is 23.2 Å². The lowest BCUT2D eigenvalue weighted by molar-refractivity contribution is -0.115. The predicted molar refractivity (Wildman–Crippen MR) is 188 cm³/mol. The summed E-state index contributed by atoms with van der Waals surface area (Å²) in [7, 11) is 2.92. The Hall–Kier alpha value is -5.19. The molecule has 0 bridgehead atoms. The minimum atomic E-state index is -0.451. The zero-order valence-corrected chi connectivity index (χ0v) is 28.0. The van der Waals surface area contributed by atoms with Gasteiger partial charge in [-0.2, -0.15) is 4.98 Å². The average molecular weight is 687 g/mol. The minimum absolute atomic E-state index is 0.0296. The summed E-state index contributed by atoms with van der Waals surface area (Å²) in [6.07, 6.45) is 5.34. The number of allylic oxidation sites excluding steroid dienone is 2. The fourth-order valence-electron chi connectivity index (χ4n) is 5.30. The molecule has 2 amide bonds. The van der Waals surface area contributed by atoms with Crippen molar-refractivity contribution in [2.75, 3.05) is 29.3 Å². The van der Waals surface area contributed by atoms with Crippen LogP contribution in [0.2, 0.25) is 10.0 Å². The highest BCUT2D eigenvalue weighted by molar-refractivity contribution is 6.42. The van der Waals surface area contributed by atoms with Crippen LogP contribution in [0, 0.1) is 0 Å². The first-order valence-electron chi connectivity index (χ1n) is 14.9. The number of fused-ring (bicyclic) bond motifs is 1. The fraction of sp³-hybridized carbons (Fsp3) is 0.194. The number of anilines is 4. The SMILES string of the molecule is C=CC(=O)CCc1cccc(Nc2ncc3c(n2)N(Cc2cccc(CC(=O)C=C)c2)C(=O)N(c2c(Cl)c(OC)cc(OC)c2Cl)C3)c1. The Morgan fingerprint density at radius 1 is 0.938 bits per heavy atom. The number of halogens is 2. The zero-order chi connectivity index (χ0) is 34.4. The number of aryl methyl sites for hydroxylation is 1. The second-order valence-electron chi connectivity index (χ2n) is 10.9. The van der Waals surface area contributed by atoms with Crippen LogP contribution in [0.5, 0.6) is 11.5 Å². The summed E-state index contributed by atoms with van der Waals surface area (Å²) in [5, 5.41) is 3.50. The van der Waals surface area contributed by atoms with E-state index in [2.05, 4.69) is 23.5 Å². The maximum absolute atomic E-state index is 14.4. The molecule has 12 heteroatoms. The molecule has 1 N–H and O–H groups in total. The molecule has 0 fully saturated rings. The average Bonchev–Trinajstić information content (AvgIpc) is 3.09. The number of rotatable bonds is 14. The smallest absolute Gasteiger partial charge is 0.330 e. The summed E-state index contributed by atoms with van der Waals surface area (Å²) in [6, 6.07) is 16.1. The van der Waals surface area contributed by atoms with Crippen LogP contribution in [0.15, 0.2) is 86.1 Å². The van der Waals surface area contributed by atoms with Crippen LogP contribution in [0.4, 0.5) is 27.9 Å². The number of benzene rings is 3. The molecular formula is C36H33Cl2N5O5. The molecule has 4 aromatic rings. The Bertz CT molecular complexity index is 1890. The number of aromatic nitrogens is 2. The van der Waals surface area contributed by atoms with E-state index in [0.29, 0.717) is 24.2 Å². The van der Waals surface area contributed by atoms with E-state index in [-0.39, 0.29) is 64.3 Å². The Morgan fingerprint density at radius 3 is 2.29 bits per heavy atom. The predicted octanol–water partition coefficient (Wildman–Crippen LogP) is 7.68. The van der Waals surface area contributed by atoms with Crippen LogP contribution in [-0.4, -0.2) is 41.8 Å². The first-order valence-corrected chi connectivity index (χ1v) is 15.7. The maximum Gasteiger partial charge on any atom is 0.330 e. The third kappa shape index (κ3) is 7.51. The number of nitrogens with zero attached hydrogens (tertiary/aromatic N) is 4. The molecule has 0 spiro atoms. The van der Waals surface area contributed by atoms with Gasteiger partial charge in [0.15, 0.2) is 11.6 Å². The van der Waals surface area contributed by atoms with E-state index in [1.165, 1.54) is 36.2 Å². The van der Waals surface area contributed by atoms with Crippen molar-refractivity contribution in [1.82, 2.24) is 9.97 Å². The van der Waals surface area contributed by atoms with Crippen molar-refractivity contribution >= 4 is 63.9 Å². The number of amides is 2. The number of nitrogens with one attached hydrogen (secondary N) is 1. The van der Waals surface area contributed by atoms with Crippen molar-refractivity contribution in [3.63, 3.8) is 0 Å². The number of ether oxygens (including phenoxy) is 2. The summed E-state index contributed by atoms with van der Waals surface area (Å²) >= 11 is 13.5. The molecule has 10 nitrogen and oxygen atoms in total. The molecule has 0 radical (unpaired) electrons. The second kappa shape index (κ2) is 15.1. The standard InChI is InChI=1S/C36H33Cl2N5O5/c1-5-27(44)14-13-22-9-8-12-26(16-22)40-35-39-19-25-21-42(33-31(37)29(47-3)18-30(48-4)32(33)38)36(46)43(34(25)41-35)20-24-11-7-10-23(15-24)17-28(45)6-2/h5-12,15-16,18-19H,1-2,13-14,17,20-21H2,3-4H3,(H,39,40,41). The monoisotopic (exact) mass is 685 g/mol. The minimum Gasteiger partial charge on any atom is -0.495 e. The second-order valence-corrected chi connectivity index (χ2v) is 11.7. The van der Waals surface area contributed by atoms with Gasteiger partial charge in [0.25, 0.3) is 0 Å². The van der Waals surface area contributed by atoms with Crippen molar-refractivity contribution in [1.29, 1.82) is 0 Å². The number of hydrogen-bond donors (Lipinski definition) is 1. The molecule has 3 aromatic carbocycles. The number of methoxy groups -OCH3 is 2. The van der Waals surface area contributed by atoms with Crippen molar-refractivity contribution < 1.29 is 23.9 Å². The third-order valence-corrected chi connectivity index (χ3v) is 8.45. The zero-order valence-electron chi connectivity index (χ0n) is 26.5. The van der Waals surface area contributed by atoms with Gasteiger partial charge in [0.2, 0.25) is 5.95 Å². The van der Waals surface area contributed by atoms with E-state index < -0.39 is 6.03 Å². The molecule has 0 unspecified atom stereocenters. The molecule has 2 heterocycles. The van der Waals surface area contributed by atoms with Crippen LogP contribution in [-0.2, 0) is 35.5 Å². The van der Waals surface area contributed by atoms with Crippen LogP contribution in [0.1, 0.15) is 28.7 Å². The third-order valence-electron chi connectivity index (χ3n) is 7.72. The van der Waals surface area contributed by atoms with Crippen LogP contribution < -0.4 is 24.6 Å². The summed E-state index contributed by atoms with van der Waals surface area (Å²) in [5.74, 6) is 1.07. The molecule has 0 atom stereocenters. The number of urea groups is 1. The highest BCUT2D eigenvalue weighted by Gasteiger charge is 2.37. The molecule has 1 aromatic heterocycles. The van der Waals surface area contributed by atoms with E-state index in [0.717, 1.165) is 22.4 Å². The molecule has 0 aliphatic carbocycles. The molecule has 1 aliphatic heterocycles. The number of hydrogen-bond acceptors (Lipinski definition) is 8. The highest BCUT2D eigenvalue weighted by atomic mass is 35.5. The lowest BCUT2D eigenvalue weighted by Crippen LogP contribution is -2.48. The van der Waals surface area contributed by atoms with E-state index >= 15 is 0 Å². The van der Waals surface area contributed by atoms with Crippen molar-refractivity contribution in [2.45, 2.75) is 32.4 Å². The molecule has 48 heavy (non-hydrogen) atoms. The van der Waals surface area contributed by atoms with E-state index in [1.54, 1.807) is 12.3 Å². The van der Waals surface area contributed by atoms with Gasteiger partial charge in [-0.1, -0.05) is 72.8 Å².